The molecule has 0 spiro atoms. The molecule has 0 aliphatic carbocycles. The summed E-state index contributed by atoms with van der Waals surface area (Å²) in [5, 5.41) is 7.66. The SMILES string of the molecule is CC(=O)N1CCc2c(nc(-c3ccncc3)nc2NCCn2cccn2)C1. The maximum absolute atomic E-state index is 11.8. The zero-order valence-electron chi connectivity index (χ0n) is 15.2. The van der Waals surface area contributed by atoms with E-state index in [1.807, 2.05) is 34.0 Å². The van der Waals surface area contributed by atoms with Gasteiger partial charge in [-0.15, -0.1) is 0 Å². The first-order valence-electron chi connectivity index (χ1n) is 8.97. The van der Waals surface area contributed by atoms with Crippen molar-refractivity contribution in [2.75, 3.05) is 18.4 Å². The van der Waals surface area contributed by atoms with E-state index in [1.165, 1.54) is 0 Å². The van der Waals surface area contributed by atoms with Gasteiger partial charge in [-0.05, 0) is 24.6 Å². The molecule has 1 aliphatic rings. The molecule has 3 aromatic heterocycles. The van der Waals surface area contributed by atoms with E-state index in [1.54, 1.807) is 25.5 Å². The van der Waals surface area contributed by atoms with Crippen molar-refractivity contribution in [1.29, 1.82) is 0 Å². The lowest BCUT2D eigenvalue weighted by Crippen LogP contribution is -2.35. The van der Waals surface area contributed by atoms with Gasteiger partial charge >= 0.3 is 0 Å². The summed E-state index contributed by atoms with van der Waals surface area (Å²) >= 11 is 0. The van der Waals surface area contributed by atoms with Crippen LogP contribution in [0.5, 0.6) is 0 Å². The molecule has 0 aromatic carbocycles. The molecule has 3 aromatic rings. The Bertz CT molecular complexity index is 925. The Kier molecular flexibility index (Phi) is 4.78. The van der Waals surface area contributed by atoms with E-state index >= 15 is 0 Å². The molecule has 0 fully saturated rings. The molecular formula is C19H21N7O. The average molecular weight is 363 g/mol. The number of hydrogen-bond donors (Lipinski definition) is 1. The lowest BCUT2D eigenvalue weighted by molar-refractivity contribution is -0.129. The zero-order valence-corrected chi connectivity index (χ0v) is 15.2. The number of carbonyl (C=O) groups excluding carboxylic acids is 1. The normalized spacial score (nSPS) is 13.3. The summed E-state index contributed by atoms with van der Waals surface area (Å²) in [4.78, 5) is 27.2. The first kappa shape index (κ1) is 17.1. The van der Waals surface area contributed by atoms with Crippen molar-refractivity contribution < 1.29 is 4.79 Å². The number of rotatable bonds is 5. The third kappa shape index (κ3) is 3.79. The first-order valence-corrected chi connectivity index (χ1v) is 8.97. The molecule has 8 nitrogen and oxygen atoms in total. The summed E-state index contributed by atoms with van der Waals surface area (Å²) in [5.41, 5.74) is 2.90. The maximum Gasteiger partial charge on any atom is 0.219 e. The van der Waals surface area contributed by atoms with Crippen LogP contribution < -0.4 is 5.32 Å². The number of carbonyl (C=O) groups is 1. The van der Waals surface area contributed by atoms with Crippen molar-refractivity contribution in [2.24, 2.45) is 0 Å². The minimum Gasteiger partial charge on any atom is -0.368 e. The number of amides is 1. The third-order valence-electron chi connectivity index (χ3n) is 4.64. The van der Waals surface area contributed by atoms with Gasteiger partial charge in [-0.1, -0.05) is 0 Å². The molecule has 1 N–H and O–H groups in total. The molecular weight excluding hydrogens is 342 g/mol. The number of fused-ring (bicyclic) bond motifs is 1. The van der Waals surface area contributed by atoms with Crippen LogP contribution in [0, 0.1) is 0 Å². The number of hydrogen-bond acceptors (Lipinski definition) is 6. The van der Waals surface area contributed by atoms with Gasteiger partial charge in [0.15, 0.2) is 5.82 Å². The second-order valence-electron chi connectivity index (χ2n) is 6.44. The van der Waals surface area contributed by atoms with Crippen LogP contribution in [0.4, 0.5) is 5.82 Å². The molecule has 0 saturated carbocycles. The highest BCUT2D eigenvalue weighted by Gasteiger charge is 2.24. The largest absolute Gasteiger partial charge is 0.368 e. The molecule has 0 bridgehead atoms. The molecule has 0 radical (unpaired) electrons. The van der Waals surface area contributed by atoms with Crippen LogP contribution in [0.15, 0.2) is 43.0 Å². The fraction of sp³-hybridized carbons (Fsp3) is 0.316. The Hall–Kier alpha value is -3.29. The summed E-state index contributed by atoms with van der Waals surface area (Å²) < 4.78 is 1.88. The first-order chi connectivity index (χ1) is 13.2. The van der Waals surface area contributed by atoms with Crippen LogP contribution in [-0.2, 0) is 24.3 Å². The predicted molar refractivity (Wildman–Crippen MR) is 101 cm³/mol. The third-order valence-corrected chi connectivity index (χ3v) is 4.64. The molecule has 1 amide bonds. The monoisotopic (exact) mass is 363 g/mol. The summed E-state index contributed by atoms with van der Waals surface area (Å²) in [6.07, 6.45) is 7.90. The molecule has 1 aliphatic heterocycles. The smallest absolute Gasteiger partial charge is 0.219 e. The van der Waals surface area contributed by atoms with Crippen molar-refractivity contribution in [1.82, 2.24) is 29.6 Å². The van der Waals surface area contributed by atoms with Crippen LogP contribution in [0.3, 0.4) is 0 Å². The lowest BCUT2D eigenvalue weighted by atomic mass is 10.0. The molecule has 0 atom stereocenters. The van der Waals surface area contributed by atoms with E-state index in [-0.39, 0.29) is 5.91 Å². The van der Waals surface area contributed by atoms with Gasteiger partial charge < -0.3 is 10.2 Å². The summed E-state index contributed by atoms with van der Waals surface area (Å²) in [6.45, 7) is 4.25. The number of nitrogens with one attached hydrogen (secondary N) is 1. The van der Waals surface area contributed by atoms with Crippen molar-refractivity contribution in [3.05, 3.63) is 54.2 Å². The molecule has 8 heteroatoms. The molecule has 4 heterocycles. The second-order valence-corrected chi connectivity index (χ2v) is 6.44. The Morgan fingerprint density at radius 3 is 2.81 bits per heavy atom. The minimum absolute atomic E-state index is 0.0675. The van der Waals surface area contributed by atoms with E-state index in [0.717, 1.165) is 35.6 Å². The Morgan fingerprint density at radius 1 is 1.22 bits per heavy atom. The van der Waals surface area contributed by atoms with Gasteiger partial charge in [0.25, 0.3) is 0 Å². The fourth-order valence-corrected chi connectivity index (χ4v) is 3.20. The topological polar surface area (TPSA) is 88.8 Å². The number of nitrogens with zero attached hydrogens (tertiary/aromatic N) is 6. The van der Waals surface area contributed by atoms with Crippen LogP contribution in [0.1, 0.15) is 18.2 Å². The van der Waals surface area contributed by atoms with E-state index in [0.29, 0.717) is 25.5 Å². The number of anilines is 1. The summed E-state index contributed by atoms with van der Waals surface area (Å²) in [7, 11) is 0. The lowest BCUT2D eigenvalue weighted by Gasteiger charge is -2.28. The second kappa shape index (κ2) is 7.53. The Balaban J connectivity index is 1.64. The fourth-order valence-electron chi connectivity index (χ4n) is 3.20. The highest BCUT2D eigenvalue weighted by Crippen LogP contribution is 2.27. The van der Waals surface area contributed by atoms with Gasteiger partial charge in [0.2, 0.25) is 5.91 Å². The Labute approximate surface area is 157 Å². The van der Waals surface area contributed by atoms with Gasteiger partial charge in [0, 0.05) is 55.9 Å². The van der Waals surface area contributed by atoms with Crippen LogP contribution in [0.25, 0.3) is 11.4 Å². The molecule has 0 saturated heterocycles. The van der Waals surface area contributed by atoms with Gasteiger partial charge in [-0.2, -0.15) is 5.10 Å². The van der Waals surface area contributed by atoms with Crippen molar-refractivity contribution >= 4 is 11.7 Å². The predicted octanol–water partition coefficient (Wildman–Crippen LogP) is 1.75. The quantitative estimate of drug-likeness (QED) is 0.743. The van der Waals surface area contributed by atoms with Gasteiger partial charge in [0.1, 0.15) is 5.82 Å². The van der Waals surface area contributed by atoms with E-state index < -0.39 is 0 Å². The number of pyridine rings is 1. The molecule has 0 unspecified atom stereocenters. The van der Waals surface area contributed by atoms with Crippen molar-refractivity contribution in [2.45, 2.75) is 26.4 Å². The summed E-state index contributed by atoms with van der Waals surface area (Å²) in [6, 6.07) is 5.69. The maximum atomic E-state index is 11.8. The van der Waals surface area contributed by atoms with E-state index in [2.05, 4.69) is 15.4 Å². The zero-order chi connectivity index (χ0) is 18.6. The van der Waals surface area contributed by atoms with Gasteiger partial charge in [-0.25, -0.2) is 9.97 Å². The van der Waals surface area contributed by atoms with Crippen LogP contribution in [0.2, 0.25) is 0 Å². The standard InChI is InChI=1S/C19H21N7O/c1-14(27)25-11-5-16-17(13-25)23-18(15-3-7-20-8-4-15)24-19(16)21-9-12-26-10-2-6-22-26/h2-4,6-8,10H,5,9,11-13H2,1H3,(H,21,23,24). The molecule has 27 heavy (non-hydrogen) atoms. The van der Waals surface area contributed by atoms with E-state index in [4.69, 9.17) is 9.97 Å². The Morgan fingerprint density at radius 2 is 2.07 bits per heavy atom. The highest BCUT2D eigenvalue weighted by molar-refractivity contribution is 5.74. The van der Waals surface area contributed by atoms with Crippen LogP contribution in [-0.4, -0.2) is 48.6 Å². The van der Waals surface area contributed by atoms with Crippen molar-refractivity contribution in [3.63, 3.8) is 0 Å². The van der Waals surface area contributed by atoms with E-state index in [9.17, 15) is 4.79 Å². The minimum atomic E-state index is 0.0675. The molecule has 4 rings (SSSR count). The summed E-state index contributed by atoms with van der Waals surface area (Å²) in [5.74, 6) is 1.54. The average Bonchev–Trinajstić information content (AvgIpc) is 3.21. The van der Waals surface area contributed by atoms with Gasteiger partial charge in [-0.3, -0.25) is 14.5 Å². The van der Waals surface area contributed by atoms with Crippen LogP contribution >= 0.6 is 0 Å². The molecule has 138 valence electrons. The number of aromatic nitrogens is 5. The van der Waals surface area contributed by atoms with Gasteiger partial charge in [0.05, 0.1) is 18.8 Å². The highest BCUT2D eigenvalue weighted by atomic mass is 16.2. The van der Waals surface area contributed by atoms with Crippen molar-refractivity contribution in [3.8, 4) is 11.4 Å².